The number of aromatic nitrogens is 1. The highest BCUT2D eigenvalue weighted by Crippen LogP contribution is 2.29. The van der Waals surface area contributed by atoms with E-state index in [9.17, 15) is 4.79 Å². The fourth-order valence-corrected chi connectivity index (χ4v) is 2.29. The second-order valence-corrected chi connectivity index (χ2v) is 4.39. The van der Waals surface area contributed by atoms with Gasteiger partial charge in [-0.25, -0.2) is 4.79 Å². The molecule has 0 fully saturated rings. The summed E-state index contributed by atoms with van der Waals surface area (Å²) in [5, 5.41) is 9.92. The van der Waals surface area contributed by atoms with Gasteiger partial charge in [-0.05, 0) is 18.2 Å². The first-order valence-corrected chi connectivity index (χ1v) is 6.13. The van der Waals surface area contributed by atoms with E-state index in [1.54, 1.807) is 23.0 Å². The zero-order chi connectivity index (χ0) is 15.0. The van der Waals surface area contributed by atoms with Gasteiger partial charge in [0.05, 0.1) is 30.3 Å². The molecule has 0 saturated carbocycles. The van der Waals surface area contributed by atoms with E-state index >= 15 is 0 Å². The van der Waals surface area contributed by atoms with Gasteiger partial charge in [0.15, 0.2) is 5.69 Å². The van der Waals surface area contributed by atoms with E-state index in [4.69, 9.17) is 20.1 Å². The van der Waals surface area contributed by atoms with Crippen molar-refractivity contribution in [3.63, 3.8) is 0 Å². The lowest BCUT2D eigenvalue weighted by Crippen LogP contribution is -2.11. The Morgan fingerprint density at radius 1 is 1.43 bits per heavy atom. The number of rotatable bonds is 2. The molecule has 0 aliphatic rings. The minimum Gasteiger partial charge on any atom is -0.464 e. The number of benzene rings is 1. The highest BCUT2D eigenvalue weighted by Gasteiger charge is 2.22. The van der Waals surface area contributed by atoms with Crippen LogP contribution in [-0.2, 0) is 4.74 Å². The van der Waals surface area contributed by atoms with E-state index in [-0.39, 0.29) is 16.9 Å². The number of esters is 1. The number of methoxy groups -OCH3 is 1. The van der Waals surface area contributed by atoms with Gasteiger partial charge in [0.1, 0.15) is 11.7 Å². The standard InChI is InChI=1S/C15H11N3O3/c1-20-15(19)14-13(17)9(7-16)8-18(14)11-3-2-4-12-10(11)5-6-21-12/h2-6,8H,17H2,1H3. The molecule has 0 bridgehead atoms. The van der Waals surface area contributed by atoms with Crippen LogP contribution in [0.15, 0.2) is 41.1 Å². The van der Waals surface area contributed by atoms with Crippen molar-refractivity contribution in [1.29, 1.82) is 5.26 Å². The van der Waals surface area contributed by atoms with Gasteiger partial charge in [-0.3, -0.25) is 0 Å². The van der Waals surface area contributed by atoms with Gasteiger partial charge in [-0.15, -0.1) is 0 Å². The van der Waals surface area contributed by atoms with E-state index in [0.29, 0.717) is 11.3 Å². The minimum atomic E-state index is -0.602. The summed E-state index contributed by atoms with van der Waals surface area (Å²) in [6.07, 6.45) is 3.08. The number of nitrogens with two attached hydrogens (primary N) is 1. The molecule has 1 aromatic carbocycles. The highest BCUT2D eigenvalue weighted by atomic mass is 16.5. The number of nitriles is 1. The molecule has 3 rings (SSSR count). The van der Waals surface area contributed by atoms with E-state index < -0.39 is 5.97 Å². The van der Waals surface area contributed by atoms with Crippen LogP contribution in [0.3, 0.4) is 0 Å². The van der Waals surface area contributed by atoms with Gasteiger partial charge in [-0.2, -0.15) is 5.26 Å². The number of nitrogens with zero attached hydrogens (tertiary/aromatic N) is 2. The van der Waals surface area contributed by atoms with Gasteiger partial charge < -0.3 is 19.5 Å². The molecule has 6 nitrogen and oxygen atoms in total. The summed E-state index contributed by atoms with van der Waals surface area (Å²) in [6, 6.07) is 9.18. The van der Waals surface area contributed by atoms with Gasteiger partial charge >= 0.3 is 5.97 Å². The second kappa shape index (κ2) is 4.72. The van der Waals surface area contributed by atoms with Crippen molar-refractivity contribution in [2.45, 2.75) is 0 Å². The van der Waals surface area contributed by atoms with Crippen molar-refractivity contribution in [3.05, 3.63) is 48.0 Å². The lowest BCUT2D eigenvalue weighted by Gasteiger charge is -2.09. The maximum Gasteiger partial charge on any atom is 0.357 e. The first-order chi connectivity index (χ1) is 10.2. The number of hydrogen-bond donors (Lipinski definition) is 1. The second-order valence-electron chi connectivity index (χ2n) is 4.39. The van der Waals surface area contributed by atoms with E-state index in [2.05, 4.69) is 0 Å². The van der Waals surface area contributed by atoms with Crippen molar-refractivity contribution in [3.8, 4) is 11.8 Å². The molecule has 21 heavy (non-hydrogen) atoms. The molecule has 2 aromatic heterocycles. The van der Waals surface area contributed by atoms with E-state index in [1.165, 1.54) is 13.3 Å². The molecule has 2 heterocycles. The SMILES string of the molecule is COC(=O)c1c(N)c(C#N)cn1-c1cccc2occc12. The molecule has 0 aliphatic carbocycles. The molecule has 0 aliphatic heterocycles. The predicted molar refractivity (Wildman–Crippen MR) is 76.0 cm³/mol. The van der Waals surface area contributed by atoms with Crippen LogP contribution in [0.25, 0.3) is 16.7 Å². The predicted octanol–water partition coefficient (Wildman–Crippen LogP) is 2.46. The van der Waals surface area contributed by atoms with Gasteiger partial charge in [0.25, 0.3) is 0 Å². The molecule has 0 amide bonds. The quantitative estimate of drug-likeness (QED) is 0.728. The van der Waals surface area contributed by atoms with Crippen LogP contribution in [0.2, 0.25) is 0 Å². The lowest BCUT2D eigenvalue weighted by molar-refractivity contribution is 0.0593. The first kappa shape index (κ1) is 12.8. The summed E-state index contributed by atoms with van der Waals surface area (Å²) < 4.78 is 11.7. The van der Waals surface area contributed by atoms with Gasteiger partial charge in [0, 0.05) is 11.6 Å². The molecule has 0 saturated heterocycles. The molecule has 6 heteroatoms. The summed E-state index contributed by atoms with van der Waals surface area (Å²) in [6.45, 7) is 0. The Bertz CT molecular complexity index is 883. The summed E-state index contributed by atoms with van der Waals surface area (Å²) in [7, 11) is 1.27. The molecule has 104 valence electrons. The Hall–Kier alpha value is -3.20. The van der Waals surface area contributed by atoms with Crippen molar-refractivity contribution >= 4 is 22.6 Å². The first-order valence-electron chi connectivity index (χ1n) is 6.13. The Morgan fingerprint density at radius 2 is 2.24 bits per heavy atom. The maximum absolute atomic E-state index is 12.0. The Kier molecular flexibility index (Phi) is 2.88. The van der Waals surface area contributed by atoms with Crippen LogP contribution >= 0.6 is 0 Å². The summed E-state index contributed by atoms with van der Waals surface area (Å²) in [4.78, 5) is 12.0. The summed E-state index contributed by atoms with van der Waals surface area (Å²) >= 11 is 0. The number of fused-ring (bicyclic) bond motifs is 1. The number of ether oxygens (including phenoxy) is 1. The average Bonchev–Trinajstić information content (AvgIpc) is 3.10. The van der Waals surface area contributed by atoms with Crippen LogP contribution in [0.1, 0.15) is 16.1 Å². The molecular weight excluding hydrogens is 270 g/mol. The van der Waals surface area contributed by atoms with Crippen LogP contribution in [-0.4, -0.2) is 17.6 Å². The fourth-order valence-electron chi connectivity index (χ4n) is 2.29. The number of carbonyl (C=O) groups excluding carboxylic acids is 1. The maximum atomic E-state index is 12.0. The third-order valence-corrected chi connectivity index (χ3v) is 3.28. The highest BCUT2D eigenvalue weighted by molar-refractivity contribution is 5.97. The van der Waals surface area contributed by atoms with Crippen LogP contribution < -0.4 is 5.73 Å². The van der Waals surface area contributed by atoms with Crippen molar-refractivity contribution in [1.82, 2.24) is 4.57 Å². The van der Waals surface area contributed by atoms with Gasteiger partial charge in [-0.1, -0.05) is 6.07 Å². The number of nitrogen functional groups attached to an aromatic ring is 1. The molecule has 0 radical (unpaired) electrons. The number of carbonyl (C=O) groups is 1. The molecule has 2 N–H and O–H groups in total. The lowest BCUT2D eigenvalue weighted by atomic mass is 10.2. The zero-order valence-corrected chi connectivity index (χ0v) is 11.2. The van der Waals surface area contributed by atoms with Gasteiger partial charge in [0.2, 0.25) is 0 Å². The molecule has 0 spiro atoms. The summed E-state index contributed by atoms with van der Waals surface area (Å²) in [5.74, 6) is -0.602. The molecule has 0 unspecified atom stereocenters. The number of anilines is 1. The largest absolute Gasteiger partial charge is 0.464 e. The monoisotopic (exact) mass is 281 g/mol. The molecule has 0 atom stereocenters. The van der Waals surface area contributed by atoms with E-state index in [0.717, 1.165) is 5.39 Å². The minimum absolute atomic E-state index is 0.102. The number of furan rings is 1. The smallest absolute Gasteiger partial charge is 0.357 e. The fraction of sp³-hybridized carbons (Fsp3) is 0.0667. The molecular formula is C15H11N3O3. The van der Waals surface area contributed by atoms with Crippen molar-refractivity contribution in [2.24, 2.45) is 0 Å². The Labute approximate surface area is 119 Å². The Balaban J connectivity index is 2.35. The third-order valence-electron chi connectivity index (χ3n) is 3.28. The van der Waals surface area contributed by atoms with Crippen LogP contribution in [0, 0.1) is 11.3 Å². The topological polar surface area (TPSA) is 94.2 Å². The van der Waals surface area contributed by atoms with E-state index in [1.807, 2.05) is 18.2 Å². The van der Waals surface area contributed by atoms with Crippen LogP contribution in [0.5, 0.6) is 0 Å². The number of hydrogen-bond acceptors (Lipinski definition) is 5. The summed E-state index contributed by atoms with van der Waals surface area (Å²) in [5.41, 5.74) is 7.69. The Morgan fingerprint density at radius 3 is 2.95 bits per heavy atom. The van der Waals surface area contributed by atoms with Crippen LogP contribution in [0.4, 0.5) is 5.69 Å². The normalized spacial score (nSPS) is 10.5. The molecule has 3 aromatic rings. The average molecular weight is 281 g/mol. The third kappa shape index (κ3) is 1.83. The van der Waals surface area contributed by atoms with Crippen molar-refractivity contribution in [2.75, 3.05) is 12.8 Å². The van der Waals surface area contributed by atoms with Crippen molar-refractivity contribution < 1.29 is 13.9 Å². The zero-order valence-electron chi connectivity index (χ0n) is 11.2.